The van der Waals surface area contributed by atoms with Gasteiger partial charge in [-0.05, 0) is 12.1 Å². The molecular formula is C13H10F3N3O. The number of aromatic amines is 1. The van der Waals surface area contributed by atoms with Gasteiger partial charge in [-0.2, -0.15) is 13.2 Å². The van der Waals surface area contributed by atoms with Crippen molar-refractivity contribution in [3.8, 4) is 11.3 Å². The van der Waals surface area contributed by atoms with Crippen molar-refractivity contribution in [2.24, 2.45) is 0 Å². The van der Waals surface area contributed by atoms with Gasteiger partial charge in [-0.1, -0.05) is 12.1 Å². The fourth-order valence-corrected chi connectivity index (χ4v) is 1.93. The van der Waals surface area contributed by atoms with Crippen LogP contribution >= 0.6 is 0 Å². The molecule has 1 aromatic carbocycles. The van der Waals surface area contributed by atoms with Gasteiger partial charge in [0.1, 0.15) is 0 Å². The number of alkyl halides is 3. The van der Waals surface area contributed by atoms with Crippen LogP contribution in [0.25, 0.3) is 16.9 Å². The van der Waals surface area contributed by atoms with E-state index in [1.807, 2.05) is 0 Å². The lowest BCUT2D eigenvalue weighted by molar-refractivity contribution is -0.137. The van der Waals surface area contributed by atoms with Gasteiger partial charge in [-0.25, -0.2) is 9.50 Å². The minimum Gasteiger partial charge on any atom is -0.297 e. The van der Waals surface area contributed by atoms with Crippen LogP contribution in [0.1, 0.15) is 6.99 Å². The van der Waals surface area contributed by atoms with Gasteiger partial charge in [-0.3, -0.25) is 9.89 Å². The first-order chi connectivity index (χ1) is 9.45. The van der Waals surface area contributed by atoms with E-state index in [4.69, 9.17) is 0 Å². The summed E-state index contributed by atoms with van der Waals surface area (Å²) in [4.78, 5) is 15.9. The van der Waals surface area contributed by atoms with E-state index in [-0.39, 0.29) is 18.2 Å². The van der Waals surface area contributed by atoms with Crippen molar-refractivity contribution in [2.45, 2.75) is 6.18 Å². The second kappa shape index (κ2) is 4.22. The Kier molecular flexibility index (Phi) is 2.63. The Morgan fingerprint density at radius 2 is 2.00 bits per heavy atom. The SMILES string of the molecule is O=c1cc(-c2cccc(C(F)(F)F)c2)nc2cc[nH]n12.[HH]. The Balaban J connectivity index is 0.00000161. The van der Waals surface area contributed by atoms with E-state index in [1.165, 1.54) is 28.9 Å². The summed E-state index contributed by atoms with van der Waals surface area (Å²) in [5.74, 6) is 0. The molecule has 0 aliphatic heterocycles. The van der Waals surface area contributed by atoms with E-state index < -0.39 is 11.7 Å². The molecule has 7 heteroatoms. The Bertz CT molecular complexity index is 838. The first-order valence-electron chi connectivity index (χ1n) is 5.70. The first-order valence-corrected chi connectivity index (χ1v) is 5.70. The number of nitrogens with one attached hydrogen (secondary N) is 1. The van der Waals surface area contributed by atoms with Crippen LogP contribution in [0.4, 0.5) is 13.2 Å². The van der Waals surface area contributed by atoms with Gasteiger partial charge in [-0.15, -0.1) is 0 Å². The maximum Gasteiger partial charge on any atom is 0.416 e. The molecular weight excluding hydrogens is 271 g/mol. The van der Waals surface area contributed by atoms with Crippen LogP contribution in [0.5, 0.6) is 0 Å². The Labute approximate surface area is 112 Å². The molecule has 3 rings (SSSR count). The lowest BCUT2D eigenvalue weighted by Crippen LogP contribution is -2.14. The smallest absolute Gasteiger partial charge is 0.297 e. The third-order valence-corrected chi connectivity index (χ3v) is 2.87. The van der Waals surface area contributed by atoms with Crippen molar-refractivity contribution in [3.63, 3.8) is 0 Å². The maximum absolute atomic E-state index is 12.7. The molecule has 0 bridgehead atoms. The molecule has 0 amide bonds. The number of benzene rings is 1. The van der Waals surface area contributed by atoms with Gasteiger partial charge >= 0.3 is 6.18 Å². The van der Waals surface area contributed by atoms with Crippen LogP contribution in [0.15, 0.2) is 47.4 Å². The third-order valence-electron chi connectivity index (χ3n) is 2.87. The topological polar surface area (TPSA) is 50.2 Å². The molecule has 0 radical (unpaired) electrons. The summed E-state index contributed by atoms with van der Waals surface area (Å²) >= 11 is 0. The van der Waals surface area contributed by atoms with E-state index in [9.17, 15) is 18.0 Å². The van der Waals surface area contributed by atoms with Crippen molar-refractivity contribution in [3.05, 3.63) is 58.5 Å². The molecule has 104 valence electrons. The number of hydrogen-bond donors (Lipinski definition) is 1. The standard InChI is InChI=1S/C13H8F3N3O.H2/c14-13(15,16)9-3-1-2-8(6-9)10-7-12(20)19-11(18-10)4-5-17-19;/h1-7,17H;1H. The van der Waals surface area contributed by atoms with Crippen molar-refractivity contribution >= 4 is 5.65 Å². The highest BCUT2D eigenvalue weighted by molar-refractivity contribution is 5.62. The lowest BCUT2D eigenvalue weighted by Gasteiger charge is -2.08. The predicted octanol–water partition coefficient (Wildman–Crippen LogP) is 2.95. The van der Waals surface area contributed by atoms with Gasteiger partial charge < -0.3 is 0 Å². The van der Waals surface area contributed by atoms with Crippen LogP contribution in [-0.2, 0) is 6.18 Å². The highest BCUT2D eigenvalue weighted by Crippen LogP contribution is 2.31. The van der Waals surface area contributed by atoms with Gasteiger partial charge in [0.05, 0.1) is 11.3 Å². The van der Waals surface area contributed by atoms with Gasteiger partial charge in [0.15, 0.2) is 5.65 Å². The molecule has 2 heterocycles. The summed E-state index contributed by atoms with van der Waals surface area (Å²) in [5, 5.41) is 2.66. The second-order valence-electron chi connectivity index (χ2n) is 4.21. The molecule has 0 unspecified atom stereocenters. The average molecular weight is 281 g/mol. The molecule has 0 spiro atoms. The summed E-state index contributed by atoms with van der Waals surface area (Å²) in [6.45, 7) is 0. The van der Waals surface area contributed by atoms with Gasteiger partial charge in [0.2, 0.25) is 0 Å². The zero-order valence-electron chi connectivity index (χ0n) is 9.98. The minimum absolute atomic E-state index is 0. The van der Waals surface area contributed by atoms with Crippen LogP contribution in [0, 0.1) is 0 Å². The molecule has 0 atom stereocenters. The molecule has 4 nitrogen and oxygen atoms in total. The zero-order chi connectivity index (χ0) is 14.3. The summed E-state index contributed by atoms with van der Waals surface area (Å²) in [6.07, 6.45) is -2.90. The number of fused-ring (bicyclic) bond motifs is 1. The van der Waals surface area contributed by atoms with Crippen molar-refractivity contribution in [2.75, 3.05) is 0 Å². The quantitative estimate of drug-likeness (QED) is 0.745. The highest BCUT2D eigenvalue weighted by Gasteiger charge is 2.30. The zero-order valence-corrected chi connectivity index (χ0v) is 9.98. The van der Waals surface area contributed by atoms with Crippen molar-refractivity contribution in [1.82, 2.24) is 14.6 Å². The molecule has 0 fully saturated rings. The fraction of sp³-hybridized carbons (Fsp3) is 0.0769. The molecule has 0 saturated carbocycles. The van der Waals surface area contributed by atoms with Crippen molar-refractivity contribution in [1.29, 1.82) is 0 Å². The largest absolute Gasteiger partial charge is 0.416 e. The summed E-state index contributed by atoms with van der Waals surface area (Å²) in [7, 11) is 0. The van der Waals surface area contributed by atoms with E-state index in [2.05, 4.69) is 10.1 Å². The first kappa shape index (κ1) is 12.5. The molecule has 1 N–H and O–H groups in total. The van der Waals surface area contributed by atoms with Crippen LogP contribution in [-0.4, -0.2) is 14.6 Å². The molecule has 0 saturated heterocycles. The minimum atomic E-state index is -4.43. The number of aromatic nitrogens is 3. The molecule has 2 aromatic heterocycles. The maximum atomic E-state index is 12.7. The molecule has 0 aliphatic rings. The van der Waals surface area contributed by atoms with Crippen molar-refractivity contribution < 1.29 is 14.6 Å². The van der Waals surface area contributed by atoms with Crippen LogP contribution in [0.3, 0.4) is 0 Å². The summed E-state index contributed by atoms with van der Waals surface area (Å²) in [5.41, 5.74) is -0.343. The van der Waals surface area contributed by atoms with E-state index in [0.717, 1.165) is 12.1 Å². The van der Waals surface area contributed by atoms with Crippen LogP contribution < -0.4 is 5.56 Å². The van der Waals surface area contributed by atoms with E-state index in [1.54, 1.807) is 6.07 Å². The second-order valence-corrected chi connectivity index (χ2v) is 4.21. The fourth-order valence-electron chi connectivity index (χ4n) is 1.93. The predicted molar refractivity (Wildman–Crippen MR) is 68.4 cm³/mol. The van der Waals surface area contributed by atoms with E-state index in [0.29, 0.717) is 5.65 Å². The number of hydrogen-bond acceptors (Lipinski definition) is 2. The highest BCUT2D eigenvalue weighted by atomic mass is 19.4. The summed E-state index contributed by atoms with van der Waals surface area (Å²) < 4.78 is 39.2. The molecule has 0 aliphatic carbocycles. The number of H-pyrrole nitrogens is 1. The average Bonchev–Trinajstić information content (AvgIpc) is 2.87. The number of rotatable bonds is 1. The monoisotopic (exact) mass is 281 g/mol. The summed E-state index contributed by atoms with van der Waals surface area (Å²) in [6, 6.07) is 7.49. The molecule has 20 heavy (non-hydrogen) atoms. The lowest BCUT2D eigenvalue weighted by atomic mass is 10.1. The van der Waals surface area contributed by atoms with Crippen LogP contribution in [0.2, 0.25) is 0 Å². The molecule has 3 aromatic rings. The van der Waals surface area contributed by atoms with Gasteiger partial charge in [0.25, 0.3) is 5.56 Å². The number of halogens is 3. The Morgan fingerprint density at radius 1 is 1.20 bits per heavy atom. The normalized spacial score (nSPS) is 11.9. The number of nitrogens with zero attached hydrogens (tertiary/aromatic N) is 2. The van der Waals surface area contributed by atoms with Gasteiger partial charge in [0, 0.05) is 25.3 Å². The van der Waals surface area contributed by atoms with E-state index >= 15 is 0 Å². The Hall–Kier alpha value is -2.57. The Morgan fingerprint density at radius 3 is 2.75 bits per heavy atom. The third kappa shape index (κ3) is 2.07.